The minimum atomic E-state index is 0.213. The van der Waals surface area contributed by atoms with Crippen molar-refractivity contribution in [2.75, 3.05) is 20.7 Å². The van der Waals surface area contributed by atoms with Gasteiger partial charge in [0.25, 0.3) is 0 Å². The lowest BCUT2D eigenvalue weighted by Gasteiger charge is -2.48. The molecular formula is C19H36N2O. The van der Waals surface area contributed by atoms with Gasteiger partial charge in [-0.15, -0.1) is 0 Å². The average Bonchev–Trinajstić information content (AvgIpc) is 2.76. The maximum atomic E-state index is 5.96. The van der Waals surface area contributed by atoms with E-state index in [1.165, 1.54) is 70.8 Å². The minimum absolute atomic E-state index is 0.213. The number of hydrogen-bond acceptors (Lipinski definition) is 3. The maximum Gasteiger partial charge on any atom is 0.0982 e. The Morgan fingerprint density at radius 1 is 0.818 bits per heavy atom. The fraction of sp³-hybridized carbons (Fsp3) is 0.895. The third kappa shape index (κ3) is 3.27. The summed E-state index contributed by atoms with van der Waals surface area (Å²) in [5.74, 6) is 0. The molecule has 3 aliphatic rings. The van der Waals surface area contributed by atoms with Gasteiger partial charge in [0, 0.05) is 6.54 Å². The molecule has 0 unspecified atom stereocenters. The zero-order valence-electron chi connectivity index (χ0n) is 15.2. The van der Waals surface area contributed by atoms with Gasteiger partial charge in [-0.1, -0.05) is 50.7 Å². The third-order valence-electron chi connectivity index (χ3n) is 6.01. The highest BCUT2D eigenvalue weighted by molar-refractivity contribution is 5.07. The molecule has 1 saturated heterocycles. The molecule has 128 valence electrons. The second-order valence-electron chi connectivity index (χ2n) is 7.33. The Balaban J connectivity index is 0.000000396. The SMILES string of the molecule is C/C=C\C.CON1C2(CCCCC2)CN(C)C12CCCCC2. The molecule has 0 radical (unpaired) electrons. The van der Waals surface area contributed by atoms with Crippen molar-refractivity contribution < 1.29 is 4.84 Å². The van der Waals surface area contributed by atoms with Gasteiger partial charge in [-0.05, 0) is 46.6 Å². The van der Waals surface area contributed by atoms with Crippen LogP contribution in [0, 0.1) is 0 Å². The van der Waals surface area contributed by atoms with Gasteiger partial charge in [0.15, 0.2) is 0 Å². The molecule has 0 amide bonds. The average molecular weight is 309 g/mol. The van der Waals surface area contributed by atoms with Crippen LogP contribution in [0.25, 0.3) is 0 Å². The molecule has 0 aromatic rings. The predicted octanol–water partition coefficient (Wildman–Crippen LogP) is 4.74. The van der Waals surface area contributed by atoms with Crippen LogP contribution in [-0.2, 0) is 4.84 Å². The molecule has 2 spiro atoms. The molecule has 22 heavy (non-hydrogen) atoms. The van der Waals surface area contributed by atoms with E-state index in [0.29, 0.717) is 5.54 Å². The Labute approximate surface area is 137 Å². The van der Waals surface area contributed by atoms with Gasteiger partial charge < -0.3 is 0 Å². The van der Waals surface area contributed by atoms with Crippen LogP contribution in [-0.4, -0.2) is 41.9 Å². The van der Waals surface area contributed by atoms with Crippen molar-refractivity contribution in [3.05, 3.63) is 12.2 Å². The molecule has 0 aromatic heterocycles. The topological polar surface area (TPSA) is 15.7 Å². The molecular weight excluding hydrogens is 272 g/mol. The molecule has 1 aliphatic heterocycles. The van der Waals surface area contributed by atoms with Crippen LogP contribution < -0.4 is 0 Å². The van der Waals surface area contributed by atoms with Gasteiger partial charge in [-0.2, -0.15) is 5.06 Å². The number of allylic oxidation sites excluding steroid dienone is 2. The van der Waals surface area contributed by atoms with Gasteiger partial charge in [-0.3, -0.25) is 9.74 Å². The summed E-state index contributed by atoms with van der Waals surface area (Å²) in [6.07, 6.45) is 17.5. The lowest BCUT2D eigenvalue weighted by Crippen LogP contribution is -2.57. The fourth-order valence-electron chi connectivity index (χ4n) is 4.89. The normalized spacial score (nSPS) is 28.2. The summed E-state index contributed by atoms with van der Waals surface area (Å²) in [5.41, 5.74) is 0.531. The zero-order valence-corrected chi connectivity index (χ0v) is 15.2. The molecule has 1 heterocycles. The molecule has 0 bridgehead atoms. The van der Waals surface area contributed by atoms with Crippen molar-refractivity contribution in [2.24, 2.45) is 0 Å². The summed E-state index contributed by atoms with van der Waals surface area (Å²) >= 11 is 0. The van der Waals surface area contributed by atoms with E-state index < -0.39 is 0 Å². The molecule has 0 N–H and O–H groups in total. The Morgan fingerprint density at radius 3 is 1.77 bits per heavy atom. The van der Waals surface area contributed by atoms with Crippen LogP contribution >= 0.6 is 0 Å². The van der Waals surface area contributed by atoms with Gasteiger partial charge >= 0.3 is 0 Å². The van der Waals surface area contributed by atoms with Crippen LogP contribution in [0.5, 0.6) is 0 Å². The van der Waals surface area contributed by atoms with E-state index in [4.69, 9.17) is 4.84 Å². The van der Waals surface area contributed by atoms with Crippen molar-refractivity contribution in [3.8, 4) is 0 Å². The molecule has 3 fully saturated rings. The van der Waals surface area contributed by atoms with Crippen molar-refractivity contribution in [2.45, 2.75) is 89.3 Å². The number of nitrogens with zero attached hydrogens (tertiary/aromatic N) is 2. The Morgan fingerprint density at radius 2 is 1.32 bits per heavy atom. The molecule has 2 aliphatic carbocycles. The monoisotopic (exact) mass is 308 g/mol. The van der Waals surface area contributed by atoms with E-state index in [-0.39, 0.29) is 5.66 Å². The number of hydrogen-bond donors (Lipinski definition) is 0. The minimum Gasteiger partial charge on any atom is -0.300 e. The first kappa shape index (κ1) is 18.0. The van der Waals surface area contributed by atoms with E-state index in [9.17, 15) is 0 Å². The largest absolute Gasteiger partial charge is 0.300 e. The number of likely N-dealkylation sites (N-methyl/N-ethyl adjacent to an activating group) is 1. The quantitative estimate of drug-likeness (QED) is 0.651. The van der Waals surface area contributed by atoms with E-state index in [0.717, 1.165) is 0 Å². The van der Waals surface area contributed by atoms with E-state index in [1.807, 2.05) is 33.1 Å². The highest BCUT2D eigenvalue weighted by Gasteiger charge is 2.58. The third-order valence-corrected chi connectivity index (χ3v) is 6.01. The summed E-state index contributed by atoms with van der Waals surface area (Å²) in [6, 6.07) is 0. The van der Waals surface area contributed by atoms with Crippen LogP contribution in [0.15, 0.2) is 12.2 Å². The summed E-state index contributed by atoms with van der Waals surface area (Å²) in [6.45, 7) is 5.21. The first-order valence-electron chi connectivity index (χ1n) is 9.28. The highest BCUT2D eigenvalue weighted by atomic mass is 16.7. The van der Waals surface area contributed by atoms with Gasteiger partial charge in [-0.25, -0.2) is 0 Å². The first-order valence-corrected chi connectivity index (χ1v) is 9.28. The Hall–Kier alpha value is -0.380. The predicted molar refractivity (Wildman–Crippen MR) is 93.6 cm³/mol. The second-order valence-corrected chi connectivity index (χ2v) is 7.33. The fourth-order valence-corrected chi connectivity index (χ4v) is 4.89. The first-order chi connectivity index (χ1) is 10.6. The number of hydroxylamine groups is 2. The smallest absolute Gasteiger partial charge is 0.0982 e. The van der Waals surface area contributed by atoms with E-state index in [2.05, 4.69) is 17.0 Å². The van der Waals surface area contributed by atoms with Crippen molar-refractivity contribution in [1.82, 2.24) is 9.96 Å². The lowest BCUT2D eigenvalue weighted by molar-refractivity contribution is -0.264. The molecule has 3 rings (SSSR count). The Bertz CT molecular complexity index is 350. The van der Waals surface area contributed by atoms with Crippen LogP contribution in [0.2, 0.25) is 0 Å². The van der Waals surface area contributed by atoms with Gasteiger partial charge in [0.05, 0.1) is 18.3 Å². The molecule has 0 aromatic carbocycles. The highest BCUT2D eigenvalue weighted by Crippen LogP contribution is 2.50. The van der Waals surface area contributed by atoms with E-state index >= 15 is 0 Å². The van der Waals surface area contributed by atoms with Crippen molar-refractivity contribution in [1.29, 1.82) is 0 Å². The maximum absolute atomic E-state index is 5.96. The molecule has 0 atom stereocenters. The van der Waals surface area contributed by atoms with Crippen molar-refractivity contribution in [3.63, 3.8) is 0 Å². The van der Waals surface area contributed by atoms with Crippen LogP contribution in [0.1, 0.15) is 78.1 Å². The zero-order chi connectivity index (χ0) is 16.1. The van der Waals surface area contributed by atoms with Crippen LogP contribution in [0.3, 0.4) is 0 Å². The number of rotatable bonds is 1. The molecule has 3 nitrogen and oxygen atoms in total. The van der Waals surface area contributed by atoms with Crippen LogP contribution in [0.4, 0.5) is 0 Å². The van der Waals surface area contributed by atoms with Gasteiger partial charge in [0.1, 0.15) is 0 Å². The summed E-state index contributed by atoms with van der Waals surface area (Å²) in [4.78, 5) is 8.57. The van der Waals surface area contributed by atoms with Crippen molar-refractivity contribution >= 4 is 0 Å². The summed E-state index contributed by atoms with van der Waals surface area (Å²) in [5, 5.41) is 2.44. The van der Waals surface area contributed by atoms with E-state index in [1.54, 1.807) is 0 Å². The standard InChI is InChI=1S/C15H28N2O.C4H8/c1-16-13-14(9-5-3-6-10-14)17(18-2)15(16)11-7-4-8-12-15;1-3-4-2/h3-13H2,1-2H3;3-4H,1-2H3/b;4-3-. The summed E-state index contributed by atoms with van der Waals surface area (Å²) in [7, 11) is 4.21. The van der Waals surface area contributed by atoms with Gasteiger partial charge in [0.2, 0.25) is 0 Å². The Kier molecular flexibility index (Phi) is 6.48. The molecule has 2 saturated carbocycles. The summed E-state index contributed by atoms with van der Waals surface area (Å²) < 4.78 is 0. The second kappa shape index (κ2) is 7.94. The lowest BCUT2D eigenvalue weighted by atomic mass is 9.81. The molecule has 3 heteroatoms.